The quantitative estimate of drug-likeness (QED) is 0.220. The number of rotatable bonds is 9. The van der Waals surface area contributed by atoms with Gasteiger partial charge in [0.15, 0.2) is 4.80 Å². The van der Waals surface area contributed by atoms with Gasteiger partial charge in [0.25, 0.3) is 5.56 Å². The zero-order valence-corrected chi connectivity index (χ0v) is 23.7. The maximum atomic E-state index is 14.1. The highest BCUT2D eigenvalue weighted by Crippen LogP contribution is 2.32. The second-order valence-electron chi connectivity index (χ2n) is 9.39. The molecule has 0 radical (unpaired) electrons. The molecule has 0 amide bonds. The molecule has 5 rings (SSSR count). The molecule has 0 N–H and O–H groups in total. The summed E-state index contributed by atoms with van der Waals surface area (Å²) in [6.07, 6.45) is 5.48. The predicted octanol–water partition coefficient (Wildman–Crippen LogP) is 4.81. The summed E-state index contributed by atoms with van der Waals surface area (Å²) >= 11 is 1.32. The van der Waals surface area contributed by atoms with Crippen molar-refractivity contribution in [3.8, 4) is 5.75 Å². The first-order valence-corrected chi connectivity index (χ1v) is 13.9. The molecule has 3 heterocycles. The summed E-state index contributed by atoms with van der Waals surface area (Å²) in [5, 5.41) is 1.06. The van der Waals surface area contributed by atoms with Crippen LogP contribution in [-0.2, 0) is 16.1 Å². The molecular weight excluding hydrogens is 522 g/mol. The van der Waals surface area contributed by atoms with E-state index >= 15 is 0 Å². The van der Waals surface area contributed by atoms with Crippen LogP contribution in [0.2, 0.25) is 0 Å². The van der Waals surface area contributed by atoms with E-state index in [9.17, 15) is 9.59 Å². The van der Waals surface area contributed by atoms with E-state index in [1.54, 1.807) is 24.5 Å². The fourth-order valence-electron chi connectivity index (χ4n) is 5.14. The standard InChI is InChI=1S/C32H31N3O4S/c1-6-17-34-21(5)25(24-11-9-10-12-26(24)34)19-27-30(36)35-29(22-13-15-23(16-14-22)39-18-7-2)28(31(37)38-8-3)20(4)33-32(35)40-27/h6-7,9-16,19,29H,1-2,8,17-18H2,3-5H3/b27-19-/t29-/m0/s1. The second kappa shape index (κ2) is 11.4. The van der Waals surface area contributed by atoms with E-state index in [0.717, 1.165) is 27.7 Å². The van der Waals surface area contributed by atoms with Crippen LogP contribution >= 0.6 is 11.3 Å². The van der Waals surface area contributed by atoms with Crippen LogP contribution < -0.4 is 19.6 Å². The minimum absolute atomic E-state index is 0.213. The number of para-hydroxylation sites is 1. The van der Waals surface area contributed by atoms with Crippen molar-refractivity contribution in [2.24, 2.45) is 4.99 Å². The summed E-state index contributed by atoms with van der Waals surface area (Å²) in [5.74, 6) is 0.180. The van der Waals surface area contributed by atoms with E-state index in [4.69, 9.17) is 14.5 Å². The van der Waals surface area contributed by atoms with Crippen molar-refractivity contribution in [1.29, 1.82) is 0 Å². The Kier molecular flexibility index (Phi) is 7.71. The smallest absolute Gasteiger partial charge is 0.338 e. The lowest BCUT2D eigenvalue weighted by Gasteiger charge is -2.24. The Morgan fingerprint density at radius 2 is 1.85 bits per heavy atom. The zero-order chi connectivity index (χ0) is 28.4. The van der Waals surface area contributed by atoms with Crippen LogP contribution in [0.5, 0.6) is 5.75 Å². The van der Waals surface area contributed by atoms with Gasteiger partial charge < -0.3 is 14.0 Å². The van der Waals surface area contributed by atoms with Crippen LogP contribution in [0.15, 0.2) is 94.9 Å². The molecule has 0 aliphatic carbocycles. The molecule has 4 aromatic rings. The number of hydrogen-bond acceptors (Lipinski definition) is 6. The van der Waals surface area contributed by atoms with Crippen molar-refractivity contribution in [3.63, 3.8) is 0 Å². The molecular formula is C32H31N3O4S. The summed E-state index contributed by atoms with van der Waals surface area (Å²) in [7, 11) is 0. The molecule has 2 aromatic heterocycles. The molecule has 0 saturated carbocycles. The highest BCUT2D eigenvalue weighted by molar-refractivity contribution is 7.07. The number of aromatic nitrogens is 2. The summed E-state index contributed by atoms with van der Waals surface area (Å²) in [5.41, 5.74) is 4.52. The van der Waals surface area contributed by atoms with Gasteiger partial charge in [0.05, 0.1) is 28.5 Å². The molecule has 0 fully saturated rings. The number of thiazole rings is 1. The third-order valence-corrected chi connectivity index (χ3v) is 7.93. The summed E-state index contributed by atoms with van der Waals surface area (Å²) in [6, 6.07) is 14.8. The molecule has 0 spiro atoms. The fraction of sp³-hybridized carbons (Fsp3) is 0.219. The molecule has 0 saturated heterocycles. The lowest BCUT2D eigenvalue weighted by Crippen LogP contribution is -2.39. The number of hydrogen-bond donors (Lipinski definition) is 0. The van der Waals surface area contributed by atoms with Gasteiger partial charge in [-0.05, 0) is 50.6 Å². The van der Waals surface area contributed by atoms with Gasteiger partial charge in [0.2, 0.25) is 0 Å². The zero-order valence-electron chi connectivity index (χ0n) is 22.8. The van der Waals surface area contributed by atoms with Gasteiger partial charge in [-0.1, -0.05) is 60.4 Å². The van der Waals surface area contributed by atoms with Gasteiger partial charge in [-0.2, -0.15) is 0 Å². The van der Waals surface area contributed by atoms with Gasteiger partial charge >= 0.3 is 5.97 Å². The van der Waals surface area contributed by atoms with Gasteiger partial charge in [0, 0.05) is 28.7 Å². The average molecular weight is 554 g/mol. The van der Waals surface area contributed by atoms with E-state index in [1.165, 1.54) is 11.3 Å². The molecule has 0 bridgehead atoms. The van der Waals surface area contributed by atoms with E-state index in [1.807, 2.05) is 55.5 Å². The van der Waals surface area contributed by atoms with Crippen LogP contribution in [-0.4, -0.2) is 28.3 Å². The lowest BCUT2D eigenvalue weighted by molar-refractivity contribution is -0.139. The number of benzene rings is 2. The molecule has 0 unspecified atom stereocenters. The maximum absolute atomic E-state index is 14.1. The van der Waals surface area contributed by atoms with Crippen LogP contribution in [0.1, 0.15) is 36.7 Å². The summed E-state index contributed by atoms with van der Waals surface area (Å²) in [6.45, 7) is 14.4. The Morgan fingerprint density at radius 1 is 1.10 bits per heavy atom. The number of esters is 1. The Morgan fingerprint density at radius 3 is 2.55 bits per heavy atom. The van der Waals surface area contributed by atoms with Crippen molar-refractivity contribution < 1.29 is 14.3 Å². The SMILES string of the molecule is C=CCOc1ccc([C@H]2C(C(=O)OCC)=C(C)N=c3s/c(=C\c4c(C)n(CC=C)c5ccccc45)c(=O)n32)cc1. The van der Waals surface area contributed by atoms with Crippen molar-refractivity contribution >= 4 is 34.3 Å². The van der Waals surface area contributed by atoms with Gasteiger partial charge in [0.1, 0.15) is 12.4 Å². The molecule has 2 aromatic carbocycles. The van der Waals surface area contributed by atoms with Gasteiger partial charge in [-0.25, -0.2) is 9.79 Å². The molecule has 7 nitrogen and oxygen atoms in total. The summed E-state index contributed by atoms with van der Waals surface area (Å²) < 4.78 is 15.4. The Balaban J connectivity index is 1.71. The fourth-order valence-corrected chi connectivity index (χ4v) is 6.17. The number of carbonyl (C=O) groups excluding carboxylic acids is 1. The summed E-state index contributed by atoms with van der Waals surface area (Å²) in [4.78, 5) is 32.5. The first kappa shape index (κ1) is 27.1. The van der Waals surface area contributed by atoms with Gasteiger partial charge in [-0.15, -0.1) is 6.58 Å². The topological polar surface area (TPSA) is 74.8 Å². The van der Waals surface area contributed by atoms with Crippen molar-refractivity contribution in [3.05, 3.63) is 122 Å². The van der Waals surface area contributed by atoms with Crippen molar-refractivity contribution in [2.75, 3.05) is 13.2 Å². The Bertz CT molecular complexity index is 1840. The first-order valence-electron chi connectivity index (χ1n) is 13.1. The maximum Gasteiger partial charge on any atom is 0.338 e. The van der Waals surface area contributed by atoms with E-state index in [2.05, 4.69) is 29.9 Å². The van der Waals surface area contributed by atoms with Crippen LogP contribution in [0.25, 0.3) is 17.0 Å². The van der Waals surface area contributed by atoms with Crippen LogP contribution in [0, 0.1) is 6.92 Å². The number of carbonyl (C=O) groups is 1. The third-order valence-electron chi connectivity index (χ3n) is 6.95. The van der Waals surface area contributed by atoms with Crippen LogP contribution in [0.3, 0.4) is 0 Å². The monoisotopic (exact) mass is 553 g/mol. The number of allylic oxidation sites excluding steroid dienone is 2. The number of ether oxygens (including phenoxy) is 2. The third kappa shape index (κ3) is 4.75. The number of fused-ring (bicyclic) bond motifs is 2. The predicted molar refractivity (Wildman–Crippen MR) is 159 cm³/mol. The second-order valence-corrected chi connectivity index (χ2v) is 10.4. The Labute approximate surface area is 236 Å². The van der Waals surface area contributed by atoms with Gasteiger partial charge in [-0.3, -0.25) is 9.36 Å². The molecule has 1 aliphatic heterocycles. The first-order chi connectivity index (χ1) is 19.4. The molecule has 1 atom stereocenters. The normalized spacial score (nSPS) is 15.1. The van der Waals surface area contributed by atoms with E-state index in [0.29, 0.717) is 39.5 Å². The van der Waals surface area contributed by atoms with E-state index < -0.39 is 12.0 Å². The highest BCUT2D eigenvalue weighted by Gasteiger charge is 2.33. The molecule has 8 heteroatoms. The molecule has 204 valence electrons. The highest BCUT2D eigenvalue weighted by atomic mass is 32.1. The average Bonchev–Trinajstić information content (AvgIpc) is 3.40. The molecule has 1 aliphatic rings. The van der Waals surface area contributed by atoms with Crippen LogP contribution in [0.4, 0.5) is 0 Å². The van der Waals surface area contributed by atoms with Crippen molar-refractivity contribution in [1.82, 2.24) is 9.13 Å². The largest absolute Gasteiger partial charge is 0.490 e. The minimum Gasteiger partial charge on any atom is -0.490 e. The van der Waals surface area contributed by atoms with E-state index in [-0.39, 0.29) is 12.2 Å². The number of nitrogens with zero attached hydrogens (tertiary/aromatic N) is 3. The van der Waals surface area contributed by atoms with Crippen molar-refractivity contribution in [2.45, 2.75) is 33.4 Å². The minimum atomic E-state index is -0.686. The Hall–Kier alpha value is -4.43. The molecule has 40 heavy (non-hydrogen) atoms. The lowest BCUT2D eigenvalue weighted by atomic mass is 9.96.